The summed E-state index contributed by atoms with van der Waals surface area (Å²) in [4.78, 5) is 13.8. The number of nitrogens with two attached hydrogens (primary N) is 1. The van der Waals surface area contributed by atoms with Crippen molar-refractivity contribution in [2.75, 3.05) is 23.8 Å². The summed E-state index contributed by atoms with van der Waals surface area (Å²) in [5, 5.41) is 9.13. The molecule has 100 valence electrons. The molecule has 6 heteroatoms. The van der Waals surface area contributed by atoms with Crippen molar-refractivity contribution in [1.29, 1.82) is 0 Å². The van der Waals surface area contributed by atoms with Crippen molar-refractivity contribution in [3.63, 3.8) is 0 Å². The van der Waals surface area contributed by atoms with E-state index < -0.39 is 0 Å². The number of hydrogen-bond acceptors (Lipinski definition) is 4. The third-order valence-corrected chi connectivity index (χ3v) is 2.94. The van der Waals surface area contributed by atoms with Crippen LogP contribution in [0.15, 0.2) is 41.0 Å². The summed E-state index contributed by atoms with van der Waals surface area (Å²) >= 11 is 5.80. The topological polar surface area (TPSA) is 79.7 Å². The smallest absolute Gasteiger partial charge is 0.263 e. The Bertz CT molecular complexity index is 583. The van der Waals surface area contributed by atoms with Crippen molar-refractivity contribution in [1.82, 2.24) is 0 Å². The molecule has 19 heavy (non-hydrogen) atoms. The first-order chi connectivity index (χ1) is 9.15. The minimum absolute atomic E-state index is 0.0162. The monoisotopic (exact) mass is 280 g/mol. The standard InChI is InChI=1S/C13H13ClN2O3/c14-12-9(5-8-19-12)13(18)16(6-7-17)11-4-2-1-3-10(11)15/h1-5,8,17H,6-7,15H2. The van der Waals surface area contributed by atoms with Gasteiger partial charge in [0.1, 0.15) is 0 Å². The van der Waals surface area contributed by atoms with Gasteiger partial charge in [-0.05, 0) is 29.8 Å². The summed E-state index contributed by atoms with van der Waals surface area (Å²) in [6.07, 6.45) is 1.33. The van der Waals surface area contributed by atoms with E-state index in [1.807, 2.05) is 0 Å². The highest BCUT2D eigenvalue weighted by molar-refractivity contribution is 6.33. The molecule has 0 fully saturated rings. The van der Waals surface area contributed by atoms with Crippen LogP contribution in [0.1, 0.15) is 10.4 Å². The maximum absolute atomic E-state index is 12.4. The molecule has 0 radical (unpaired) electrons. The zero-order chi connectivity index (χ0) is 13.8. The van der Waals surface area contributed by atoms with Crippen LogP contribution < -0.4 is 10.6 Å². The number of amides is 1. The normalized spacial score (nSPS) is 10.4. The van der Waals surface area contributed by atoms with E-state index in [0.717, 1.165) is 0 Å². The predicted octanol–water partition coefficient (Wildman–Crippen LogP) is 2.15. The van der Waals surface area contributed by atoms with Gasteiger partial charge in [0.05, 0.1) is 29.8 Å². The van der Waals surface area contributed by atoms with Gasteiger partial charge in [0, 0.05) is 6.54 Å². The largest absolute Gasteiger partial charge is 0.452 e. The zero-order valence-electron chi connectivity index (χ0n) is 10.0. The quantitative estimate of drug-likeness (QED) is 0.841. The minimum Gasteiger partial charge on any atom is -0.452 e. The molecule has 0 unspecified atom stereocenters. The molecule has 1 aromatic carbocycles. The first-order valence-electron chi connectivity index (χ1n) is 5.65. The highest BCUT2D eigenvalue weighted by Gasteiger charge is 2.22. The molecule has 0 aliphatic rings. The van der Waals surface area contributed by atoms with Crippen LogP contribution in [0.4, 0.5) is 11.4 Å². The summed E-state index contributed by atoms with van der Waals surface area (Å²) in [7, 11) is 0. The number of anilines is 2. The number of rotatable bonds is 4. The molecule has 2 aromatic rings. The lowest BCUT2D eigenvalue weighted by Gasteiger charge is -2.22. The molecule has 0 aliphatic heterocycles. The SMILES string of the molecule is Nc1ccccc1N(CCO)C(=O)c1ccoc1Cl. The maximum atomic E-state index is 12.4. The van der Waals surface area contributed by atoms with E-state index in [1.165, 1.54) is 17.2 Å². The van der Waals surface area contributed by atoms with E-state index >= 15 is 0 Å². The van der Waals surface area contributed by atoms with Crippen molar-refractivity contribution in [3.8, 4) is 0 Å². The van der Waals surface area contributed by atoms with Gasteiger partial charge in [-0.25, -0.2) is 0 Å². The number of para-hydroxylation sites is 2. The Morgan fingerprint density at radius 2 is 2.11 bits per heavy atom. The second-order valence-electron chi connectivity index (χ2n) is 3.85. The summed E-state index contributed by atoms with van der Waals surface area (Å²) in [6, 6.07) is 8.40. The number of furan rings is 1. The molecule has 1 amide bonds. The van der Waals surface area contributed by atoms with Gasteiger partial charge in [-0.3, -0.25) is 4.79 Å². The lowest BCUT2D eigenvalue weighted by molar-refractivity contribution is 0.0980. The van der Waals surface area contributed by atoms with Crippen molar-refractivity contribution < 1.29 is 14.3 Å². The third-order valence-electron chi connectivity index (χ3n) is 2.64. The van der Waals surface area contributed by atoms with Crippen LogP contribution in [0.25, 0.3) is 0 Å². The van der Waals surface area contributed by atoms with E-state index in [4.69, 9.17) is 26.9 Å². The van der Waals surface area contributed by atoms with Crippen LogP contribution in [-0.2, 0) is 0 Å². The van der Waals surface area contributed by atoms with Gasteiger partial charge in [-0.2, -0.15) is 0 Å². The number of nitrogens with zero attached hydrogens (tertiary/aromatic N) is 1. The van der Waals surface area contributed by atoms with Crippen LogP contribution in [0.3, 0.4) is 0 Å². The lowest BCUT2D eigenvalue weighted by Crippen LogP contribution is -2.34. The summed E-state index contributed by atoms with van der Waals surface area (Å²) in [5.41, 5.74) is 7.06. The van der Waals surface area contributed by atoms with Gasteiger partial charge in [0.2, 0.25) is 5.22 Å². The summed E-state index contributed by atoms with van der Waals surface area (Å²) < 4.78 is 4.90. The van der Waals surface area contributed by atoms with Crippen molar-refractivity contribution in [2.45, 2.75) is 0 Å². The number of aliphatic hydroxyl groups excluding tert-OH is 1. The molecule has 5 nitrogen and oxygen atoms in total. The number of carbonyl (C=O) groups is 1. The lowest BCUT2D eigenvalue weighted by atomic mass is 10.2. The summed E-state index contributed by atoms with van der Waals surface area (Å²) in [5.74, 6) is -0.370. The number of carbonyl (C=O) groups excluding carboxylic acids is 1. The Morgan fingerprint density at radius 3 is 2.68 bits per heavy atom. The van der Waals surface area contributed by atoms with Gasteiger partial charge in [-0.15, -0.1) is 0 Å². The Kier molecular flexibility index (Phi) is 4.09. The van der Waals surface area contributed by atoms with Crippen LogP contribution in [0.2, 0.25) is 5.22 Å². The Hall–Kier alpha value is -1.98. The van der Waals surface area contributed by atoms with Crippen LogP contribution >= 0.6 is 11.6 Å². The first-order valence-corrected chi connectivity index (χ1v) is 6.03. The molecule has 3 N–H and O–H groups in total. The van der Waals surface area contributed by atoms with E-state index in [0.29, 0.717) is 11.4 Å². The first kappa shape index (κ1) is 13.5. The predicted molar refractivity (Wildman–Crippen MR) is 73.3 cm³/mol. The number of halogens is 1. The molecule has 0 saturated carbocycles. The van der Waals surface area contributed by atoms with Crippen molar-refractivity contribution >= 4 is 28.9 Å². The van der Waals surface area contributed by atoms with E-state index in [2.05, 4.69) is 0 Å². The fourth-order valence-electron chi connectivity index (χ4n) is 1.76. The van der Waals surface area contributed by atoms with Crippen LogP contribution in [0, 0.1) is 0 Å². The number of nitrogen functional groups attached to an aromatic ring is 1. The van der Waals surface area contributed by atoms with E-state index in [-0.39, 0.29) is 29.8 Å². The zero-order valence-corrected chi connectivity index (χ0v) is 10.8. The van der Waals surface area contributed by atoms with Crippen LogP contribution in [-0.4, -0.2) is 24.2 Å². The third kappa shape index (κ3) is 2.72. The Balaban J connectivity index is 2.39. The highest BCUT2D eigenvalue weighted by Crippen LogP contribution is 2.26. The molecule has 0 atom stereocenters. The molecule has 0 saturated heterocycles. The average molecular weight is 281 g/mol. The van der Waals surface area contributed by atoms with Gasteiger partial charge in [0.25, 0.3) is 5.91 Å². The Labute approximate surface area is 115 Å². The number of hydrogen-bond donors (Lipinski definition) is 2. The fraction of sp³-hybridized carbons (Fsp3) is 0.154. The second kappa shape index (κ2) is 5.77. The second-order valence-corrected chi connectivity index (χ2v) is 4.19. The Morgan fingerprint density at radius 1 is 1.37 bits per heavy atom. The van der Waals surface area contributed by atoms with E-state index in [1.54, 1.807) is 24.3 Å². The van der Waals surface area contributed by atoms with Gasteiger partial charge in [-0.1, -0.05) is 12.1 Å². The number of aliphatic hydroxyl groups is 1. The molecular weight excluding hydrogens is 268 g/mol. The van der Waals surface area contributed by atoms with E-state index in [9.17, 15) is 4.79 Å². The molecule has 0 aliphatic carbocycles. The fourth-order valence-corrected chi connectivity index (χ4v) is 1.95. The number of benzene rings is 1. The summed E-state index contributed by atoms with van der Waals surface area (Å²) in [6.45, 7) is -0.0654. The van der Waals surface area contributed by atoms with Crippen molar-refractivity contribution in [2.24, 2.45) is 0 Å². The van der Waals surface area contributed by atoms with Crippen molar-refractivity contribution in [3.05, 3.63) is 47.4 Å². The molecule has 0 bridgehead atoms. The molecule has 0 spiro atoms. The highest BCUT2D eigenvalue weighted by atomic mass is 35.5. The molecule has 1 aromatic heterocycles. The molecular formula is C13H13ClN2O3. The van der Waals surface area contributed by atoms with Gasteiger partial charge >= 0.3 is 0 Å². The van der Waals surface area contributed by atoms with Gasteiger partial charge in [0.15, 0.2) is 0 Å². The van der Waals surface area contributed by atoms with Crippen LogP contribution in [0.5, 0.6) is 0 Å². The average Bonchev–Trinajstić information content (AvgIpc) is 2.82. The maximum Gasteiger partial charge on any atom is 0.263 e. The van der Waals surface area contributed by atoms with Gasteiger partial charge < -0.3 is 20.2 Å². The molecule has 1 heterocycles. The molecule has 2 rings (SSSR count). The minimum atomic E-state index is -0.370.